The van der Waals surface area contributed by atoms with Gasteiger partial charge in [0.15, 0.2) is 11.5 Å². The van der Waals surface area contributed by atoms with Gasteiger partial charge < -0.3 is 29.6 Å². The molecule has 252 valence electrons. The minimum Gasteiger partial charge on any atom is -0.494 e. The zero-order chi connectivity index (χ0) is 34.0. The minimum atomic E-state index is -0.809. The zero-order valence-corrected chi connectivity index (χ0v) is 28.0. The Morgan fingerprint density at radius 1 is 0.979 bits per heavy atom. The fraction of sp³-hybridized carbons (Fsp3) is 0.429. The lowest BCUT2D eigenvalue weighted by atomic mass is 9.85. The maximum absolute atomic E-state index is 14.2. The quantitative estimate of drug-likeness (QED) is 0.190. The summed E-state index contributed by atoms with van der Waals surface area (Å²) in [7, 11) is 1.44. The second-order valence-corrected chi connectivity index (χ2v) is 11.9. The first-order chi connectivity index (χ1) is 22.6. The number of ether oxygens (including phenoxy) is 4. The number of hydrazone groups is 1. The van der Waals surface area contributed by atoms with E-state index in [1.54, 1.807) is 31.2 Å². The fourth-order valence-corrected chi connectivity index (χ4v) is 5.19. The van der Waals surface area contributed by atoms with Crippen LogP contribution in [-0.2, 0) is 19.7 Å². The van der Waals surface area contributed by atoms with Gasteiger partial charge in [-0.1, -0.05) is 45.0 Å². The number of hydrogen-bond donors (Lipinski definition) is 3. The molecule has 0 atom stereocenters. The molecule has 0 bridgehead atoms. The van der Waals surface area contributed by atoms with Crippen LogP contribution in [0.1, 0.15) is 56.1 Å². The SMILES string of the molecule is CCNC(=O)c1cc(C(C)(C)C)cc(NC(=O)C(=NNC(=O)OCC)c2ccc(OCCN3CCOCC3)c3ccccc23)c1OC. The van der Waals surface area contributed by atoms with Crippen LogP contribution >= 0.6 is 0 Å². The Hall–Kier alpha value is -4.68. The van der Waals surface area contributed by atoms with Gasteiger partial charge in [0.1, 0.15) is 12.4 Å². The van der Waals surface area contributed by atoms with Crippen molar-refractivity contribution in [3.05, 3.63) is 65.2 Å². The second kappa shape index (κ2) is 16.2. The average molecular weight is 648 g/mol. The van der Waals surface area contributed by atoms with Crippen molar-refractivity contribution in [2.75, 3.05) is 65.0 Å². The number of nitrogens with zero attached hydrogens (tertiary/aromatic N) is 2. The molecular formula is C35H45N5O7. The number of carbonyl (C=O) groups excluding carboxylic acids is 3. The largest absolute Gasteiger partial charge is 0.494 e. The second-order valence-electron chi connectivity index (χ2n) is 11.9. The molecule has 1 heterocycles. The van der Waals surface area contributed by atoms with Crippen LogP contribution in [0.2, 0.25) is 0 Å². The fourth-order valence-electron chi connectivity index (χ4n) is 5.19. The van der Waals surface area contributed by atoms with E-state index in [2.05, 4.69) is 26.1 Å². The van der Waals surface area contributed by atoms with Crippen LogP contribution < -0.4 is 25.5 Å². The van der Waals surface area contributed by atoms with E-state index in [0.717, 1.165) is 30.6 Å². The summed E-state index contributed by atoms with van der Waals surface area (Å²) < 4.78 is 22.3. The number of amides is 3. The van der Waals surface area contributed by atoms with Crippen molar-refractivity contribution < 1.29 is 33.3 Å². The lowest BCUT2D eigenvalue weighted by Gasteiger charge is -2.26. The Labute approximate surface area is 275 Å². The monoisotopic (exact) mass is 647 g/mol. The van der Waals surface area contributed by atoms with Gasteiger partial charge in [-0.05, 0) is 54.5 Å². The summed E-state index contributed by atoms with van der Waals surface area (Å²) in [4.78, 5) is 41.8. The topological polar surface area (TPSA) is 140 Å². The number of nitrogens with one attached hydrogen (secondary N) is 3. The van der Waals surface area contributed by atoms with Gasteiger partial charge in [0.05, 0.1) is 38.2 Å². The van der Waals surface area contributed by atoms with Crippen molar-refractivity contribution in [2.45, 2.75) is 40.0 Å². The van der Waals surface area contributed by atoms with Crippen LogP contribution in [0.15, 0.2) is 53.6 Å². The molecule has 3 aromatic carbocycles. The van der Waals surface area contributed by atoms with Crippen LogP contribution in [0, 0.1) is 0 Å². The molecule has 47 heavy (non-hydrogen) atoms. The number of rotatable bonds is 12. The summed E-state index contributed by atoms with van der Waals surface area (Å²) in [6.45, 7) is 14.4. The van der Waals surface area contributed by atoms with E-state index in [1.807, 2.05) is 52.0 Å². The third kappa shape index (κ3) is 8.99. The maximum Gasteiger partial charge on any atom is 0.427 e. The summed E-state index contributed by atoms with van der Waals surface area (Å²) in [6, 6.07) is 14.6. The molecule has 0 aromatic heterocycles. The number of carbonyl (C=O) groups is 3. The molecule has 3 aromatic rings. The van der Waals surface area contributed by atoms with Crippen molar-refractivity contribution in [3.63, 3.8) is 0 Å². The number of anilines is 1. The van der Waals surface area contributed by atoms with Crippen LogP contribution in [-0.4, -0.2) is 88.2 Å². The summed E-state index contributed by atoms with van der Waals surface area (Å²) in [6.07, 6.45) is -0.809. The van der Waals surface area contributed by atoms with E-state index in [0.29, 0.717) is 43.1 Å². The maximum atomic E-state index is 14.2. The van der Waals surface area contributed by atoms with Gasteiger partial charge in [0.25, 0.3) is 11.8 Å². The van der Waals surface area contributed by atoms with Gasteiger partial charge in [0.2, 0.25) is 0 Å². The highest BCUT2D eigenvalue weighted by atomic mass is 16.5. The van der Waals surface area contributed by atoms with Gasteiger partial charge in [-0.15, -0.1) is 0 Å². The highest BCUT2D eigenvalue weighted by Gasteiger charge is 2.26. The van der Waals surface area contributed by atoms with Crippen LogP contribution in [0.5, 0.6) is 11.5 Å². The number of benzene rings is 3. The average Bonchev–Trinajstić information content (AvgIpc) is 3.05. The molecule has 0 radical (unpaired) electrons. The number of methoxy groups -OCH3 is 1. The Morgan fingerprint density at radius 2 is 1.70 bits per heavy atom. The Morgan fingerprint density at radius 3 is 2.36 bits per heavy atom. The van der Waals surface area contributed by atoms with Gasteiger partial charge in [0, 0.05) is 37.1 Å². The van der Waals surface area contributed by atoms with Crippen molar-refractivity contribution in [1.29, 1.82) is 0 Å². The van der Waals surface area contributed by atoms with Crippen LogP contribution in [0.25, 0.3) is 10.8 Å². The van der Waals surface area contributed by atoms with E-state index in [4.69, 9.17) is 18.9 Å². The van der Waals surface area contributed by atoms with Gasteiger partial charge in [-0.3, -0.25) is 14.5 Å². The standard InChI is InChI=1S/C35H45N5O7/c1-7-36-32(41)27-21-23(35(3,4)5)22-28(31(27)44-6)37-33(42)30(38-39-34(43)46-8-2)26-13-14-29(25-12-10-9-11-24(25)26)47-20-17-40-15-18-45-19-16-40/h9-14,21-22H,7-8,15-20H2,1-6H3,(H,36,41)(H,37,42)(H,39,43). The Bertz CT molecular complexity index is 1610. The van der Waals surface area contributed by atoms with E-state index < -0.39 is 12.0 Å². The van der Waals surface area contributed by atoms with E-state index in [-0.39, 0.29) is 40.6 Å². The molecule has 12 nitrogen and oxygen atoms in total. The highest BCUT2D eigenvalue weighted by molar-refractivity contribution is 6.50. The number of hydrogen-bond acceptors (Lipinski definition) is 9. The first-order valence-electron chi connectivity index (χ1n) is 15.8. The Kier molecular flexibility index (Phi) is 12.2. The van der Waals surface area contributed by atoms with Crippen molar-refractivity contribution in [2.24, 2.45) is 5.10 Å². The van der Waals surface area contributed by atoms with Crippen molar-refractivity contribution in [3.8, 4) is 11.5 Å². The van der Waals surface area contributed by atoms with E-state index >= 15 is 0 Å². The summed E-state index contributed by atoms with van der Waals surface area (Å²) in [5.41, 5.74) is 3.71. The van der Waals surface area contributed by atoms with Crippen molar-refractivity contribution in [1.82, 2.24) is 15.6 Å². The smallest absolute Gasteiger partial charge is 0.427 e. The molecule has 3 amide bonds. The molecule has 1 saturated heterocycles. The third-order valence-electron chi connectivity index (χ3n) is 7.65. The Balaban J connectivity index is 1.74. The van der Waals surface area contributed by atoms with Crippen molar-refractivity contribution >= 4 is 40.1 Å². The number of morpholine rings is 1. The van der Waals surface area contributed by atoms with Gasteiger partial charge in [-0.2, -0.15) is 5.10 Å². The molecule has 0 unspecified atom stereocenters. The van der Waals surface area contributed by atoms with Gasteiger partial charge >= 0.3 is 6.09 Å². The highest BCUT2D eigenvalue weighted by Crippen LogP contribution is 2.36. The normalized spacial score (nSPS) is 14.0. The predicted molar refractivity (Wildman–Crippen MR) is 182 cm³/mol. The molecule has 1 fully saturated rings. The van der Waals surface area contributed by atoms with E-state index in [1.165, 1.54) is 7.11 Å². The summed E-state index contributed by atoms with van der Waals surface area (Å²) >= 11 is 0. The first-order valence-corrected chi connectivity index (χ1v) is 15.8. The number of fused-ring (bicyclic) bond motifs is 1. The molecule has 0 spiro atoms. The molecule has 4 rings (SSSR count). The zero-order valence-electron chi connectivity index (χ0n) is 28.0. The predicted octanol–water partition coefficient (Wildman–Crippen LogP) is 4.70. The van der Waals surface area contributed by atoms with Crippen LogP contribution in [0.4, 0.5) is 10.5 Å². The molecule has 1 aliphatic heterocycles. The molecule has 0 saturated carbocycles. The van der Waals surface area contributed by atoms with Crippen LogP contribution in [0.3, 0.4) is 0 Å². The molecule has 3 N–H and O–H groups in total. The summed E-state index contributed by atoms with van der Waals surface area (Å²) in [5.74, 6) is -0.121. The van der Waals surface area contributed by atoms with Gasteiger partial charge in [-0.25, -0.2) is 10.2 Å². The molecule has 1 aliphatic rings. The minimum absolute atomic E-state index is 0.0862. The molecular weight excluding hydrogens is 602 g/mol. The lowest BCUT2D eigenvalue weighted by Crippen LogP contribution is -2.38. The summed E-state index contributed by atoms with van der Waals surface area (Å²) in [5, 5.41) is 11.4. The molecule has 0 aliphatic carbocycles. The van der Waals surface area contributed by atoms with E-state index in [9.17, 15) is 14.4 Å². The molecule has 12 heteroatoms. The third-order valence-corrected chi connectivity index (χ3v) is 7.65. The first kappa shape index (κ1) is 35.2. The lowest BCUT2D eigenvalue weighted by molar-refractivity contribution is -0.110.